The van der Waals surface area contributed by atoms with Crippen LogP contribution in [0.1, 0.15) is 70.9 Å². The number of carbonyl (C=O) groups excluding carboxylic acids is 10. The van der Waals surface area contributed by atoms with E-state index < -0.39 is 151 Å². The van der Waals surface area contributed by atoms with E-state index in [1.807, 2.05) is 24.3 Å². The molecule has 2 heterocycles. The molecule has 412 valence electrons. The van der Waals surface area contributed by atoms with Crippen molar-refractivity contribution >= 4 is 81.9 Å². The van der Waals surface area contributed by atoms with Gasteiger partial charge >= 0.3 is 11.9 Å². The summed E-state index contributed by atoms with van der Waals surface area (Å²) in [4.78, 5) is 160. The second-order valence-corrected chi connectivity index (χ2v) is 18.5. The first kappa shape index (κ1) is 59.9. The number of nitrogens with one attached hydrogen (secondary N) is 9. The molecule has 0 unspecified atom stereocenters. The number of nitrogens with two attached hydrogens (primary N) is 1. The number of aromatic hydroxyl groups is 1. The Morgan fingerprint density at radius 2 is 1.36 bits per heavy atom. The number of carbonyl (C=O) groups is 12. The van der Waals surface area contributed by atoms with E-state index in [2.05, 4.69) is 53.3 Å². The lowest BCUT2D eigenvalue weighted by molar-refractivity contribution is -0.403. The number of hydrogen-bond donors (Lipinski definition) is 14. The largest absolute Gasteiger partial charge is 0.508 e. The number of carboxylic acids is 2. The molecule has 0 radical (unpaired) electrons. The number of aromatic nitrogens is 1. The van der Waals surface area contributed by atoms with E-state index in [9.17, 15) is 67.7 Å². The van der Waals surface area contributed by atoms with Crippen molar-refractivity contribution in [3.63, 3.8) is 0 Å². The third-order valence-electron chi connectivity index (χ3n) is 12.6. The number of para-hydroxylation sites is 1. The van der Waals surface area contributed by atoms with Gasteiger partial charge in [0.2, 0.25) is 53.2 Å². The highest BCUT2D eigenvalue weighted by Gasteiger charge is 2.40. The molecule has 27 nitrogen and oxygen atoms in total. The van der Waals surface area contributed by atoms with Crippen LogP contribution in [-0.2, 0) is 70.4 Å². The first-order valence-corrected chi connectivity index (χ1v) is 24.4. The topological polar surface area (TPSA) is 434 Å². The summed E-state index contributed by atoms with van der Waals surface area (Å²) < 4.78 is 0. The van der Waals surface area contributed by atoms with Crippen LogP contribution >= 0.6 is 0 Å². The molecule has 2 aromatic carbocycles. The predicted octanol–water partition coefficient (Wildman–Crippen LogP) is -4.08. The van der Waals surface area contributed by atoms with Gasteiger partial charge in [0.1, 0.15) is 48.0 Å². The van der Waals surface area contributed by atoms with Crippen LogP contribution in [-0.4, -0.2) is 164 Å². The van der Waals surface area contributed by atoms with Gasteiger partial charge < -0.3 is 79.2 Å². The molecule has 1 aliphatic heterocycles. The van der Waals surface area contributed by atoms with Crippen LogP contribution in [0.3, 0.4) is 0 Å². The fourth-order valence-electron chi connectivity index (χ4n) is 8.08. The highest BCUT2D eigenvalue weighted by molar-refractivity contribution is 5.99. The number of fused-ring (bicyclic) bond motifs is 1. The minimum atomic E-state index is -1.86. The van der Waals surface area contributed by atoms with E-state index in [1.165, 1.54) is 38.1 Å². The number of phenolic OH excluding ortho intramolecular Hbond substituents is 1. The summed E-state index contributed by atoms with van der Waals surface area (Å²) in [5.41, 5.74) is 11.4. The van der Waals surface area contributed by atoms with Crippen molar-refractivity contribution in [1.29, 1.82) is 0 Å². The van der Waals surface area contributed by atoms with Gasteiger partial charge in [-0.1, -0.05) is 50.6 Å². The Morgan fingerprint density at radius 1 is 0.711 bits per heavy atom. The second kappa shape index (κ2) is 28.2. The second-order valence-electron chi connectivity index (χ2n) is 18.5. The standard InChI is InChI=1S/C49H66N12O15/c1-5-24(2)41(47(73)56-26(4)49(75)76)60-39(65)23-53-38(64)22-54-44(70)33(17-27-12-14-29(62)15-13-27)58-45(71)34(20-40(66)67)57-42(68)25(3)55-46(72)36-11-8-16-61(36)48(74)35(19-37(51)63)59-43(69)31(50)18-28-21-52-32-10-7-6-9-30(28)32/h6-7,9-10,12-15,21,24-26,31,33-36,41,52,62H,5,8,11,16-20,22-23,50H2,1-4H3,(H2,51,63)(H,53,64)(H,54,70)(H,55,72)(H,56,73)(H,57,68)(H,58,71)(H,59,69)(H,60,65)(H,66,67)(H,75,76)/p+1/t24-,25-,26-,31-,33-,34-,35-,36-,41-/m0/s1. The summed E-state index contributed by atoms with van der Waals surface area (Å²) in [5.74, 6) is -12.3. The summed E-state index contributed by atoms with van der Waals surface area (Å²) >= 11 is 0. The first-order valence-electron chi connectivity index (χ1n) is 24.4. The van der Waals surface area contributed by atoms with Gasteiger partial charge in [0.15, 0.2) is 6.04 Å². The van der Waals surface area contributed by atoms with E-state index in [1.54, 1.807) is 20.0 Å². The molecule has 27 heteroatoms. The molecule has 0 aliphatic carbocycles. The minimum absolute atomic E-state index is 0.0335. The molecule has 76 heavy (non-hydrogen) atoms. The Hall–Kier alpha value is -8.62. The average Bonchev–Trinajstić information content (AvgIpc) is 4.03. The molecule has 1 saturated heterocycles. The number of quaternary nitrogens is 1. The van der Waals surface area contributed by atoms with Crippen molar-refractivity contribution in [2.24, 2.45) is 11.7 Å². The van der Waals surface area contributed by atoms with Crippen molar-refractivity contribution in [2.75, 3.05) is 19.6 Å². The number of primary amides is 1. The van der Waals surface area contributed by atoms with Crippen molar-refractivity contribution in [3.8, 4) is 5.75 Å². The van der Waals surface area contributed by atoms with Gasteiger partial charge in [0.05, 0.1) is 25.9 Å². The molecule has 17 N–H and O–H groups in total. The predicted molar refractivity (Wildman–Crippen MR) is 267 cm³/mol. The van der Waals surface area contributed by atoms with Crippen LogP contribution in [0.2, 0.25) is 0 Å². The number of benzene rings is 2. The van der Waals surface area contributed by atoms with Gasteiger partial charge in [0.25, 0.3) is 5.91 Å². The number of carboxylic acid groups (broad SMARTS) is 2. The van der Waals surface area contributed by atoms with Crippen LogP contribution < -0.4 is 54.0 Å². The van der Waals surface area contributed by atoms with Crippen LogP contribution in [0, 0.1) is 5.92 Å². The van der Waals surface area contributed by atoms with Gasteiger partial charge in [-0.25, -0.2) is 0 Å². The number of aromatic amines is 1. The van der Waals surface area contributed by atoms with E-state index in [0.717, 1.165) is 21.4 Å². The summed E-state index contributed by atoms with van der Waals surface area (Å²) in [7, 11) is 0. The number of likely N-dealkylation sites (tertiary alicyclic amines) is 1. The van der Waals surface area contributed by atoms with E-state index >= 15 is 0 Å². The van der Waals surface area contributed by atoms with Gasteiger partial charge in [-0.15, -0.1) is 0 Å². The molecule has 9 atom stereocenters. The molecule has 1 aliphatic rings. The number of rotatable bonds is 28. The molecule has 3 aromatic rings. The van der Waals surface area contributed by atoms with E-state index in [4.69, 9.17) is 10.8 Å². The van der Waals surface area contributed by atoms with Crippen LogP contribution in [0.15, 0.2) is 54.7 Å². The number of phenols is 1. The molecular weight excluding hydrogens is 997 g/mol. The maximum Gasteiger partial charge on any atom is 0.325 e. The molecule has 0 saturated carbocycles. The molecule has 4 rings (SSSR count). The fraction of sp³-hybridized carbons (Fsp3) is 0.469. The summed E-state index contributed by atoms with van der Waals surface area (Å²) in [5, 5.41) is 48.5. The quantitative estimate of drug-likeness (QED) is 0.0329. The molecule has 1 aromatic heterocycles. The summed E-state index contributed by atoms with van der Waals surface area (Å²) in [6.07, 6.45) is 0.881. The highest BCUT2D eigenvalue weighted by atomic mass is 16.4. The lowest BCUT2D eigenvalue weighted by Gasteiger charge is -2.29. The van der Waals surface area contributed by atoms with Crippen molar-refractivity contribution < 1.29 is 78.6 Å². The summed E-state index contributed by atoms with van der Waals surface area (Å²) in [6, 6.07) is 2.03. The van der Waals surface area contributed by atoms with Crippen LogP contribution in [0.5, 0.6) is 5.75 Å². The van der Waals surface area contributed by atoms with Crippen LogP contribution in [0.25, 0.3) is 10.9 Å². The zero-order chi connectivity index (χ0) is 56.4. The van der Waals surface area contributed by atoms with Gasteiger partial charge in [0, 0.05) is 36.5 Å². The van der Waals surface area contributed by atoms with E-state index in [-0.39, 0.29) is 31.6 Å². The zero-order valence-corrected chi connectivity index (χ0v) is 42.4. The van der Waals surface area contributed by atoms with Gasteiger partial charge in [-0.3, -0.25) is 57.5 Å². The number of amides is 10. The highest BCUT2D eigenvalue weighted by Crippen LogP contribution is 2.21. The van der Waals surface area contributed by atoms with Crippen molar-refractivity contribution in [3.05, 3.63) is 65.9 Å². The number of nitrogens with zero attached hydrogens (tertiary/aromatic N) is 1. The Morgan fingerprint density at radius 3 is 2.00 bits per heavy atom. The SMILES string of the molecule is CC[C@H](C)[C@H](NC(=O)CNC(=O)CNC(=O)[C@H](Cc1ccc(O)cc1)NC(=O)[C@H](CC(=O)O)NC(=O)[C@H](C)NC(=O)[C@@H]1CCCN1C(=O)[C@H](CC(N)=O)NC(=O)[C@@H]([NH3+])Cc1c[nH]c2ccccc12)C(=O)N[C@@H](C)C(=O)O. The zero-order valence-electron chi connectivity index (χ0n) is 42.4. The fourth-order valence-corrected chi connectivity index (χ4v) is 8.08. The maximum atomic E-state index is 13.9. The molecule has 0 spiro atoms. The molecule has 10 amide bonds. The number of aliphatic carboxylic acids is 2. The van der Waals surface area contributed by atoms with Gasteiger partial charge in [-0.05, 0) is 61.9 Å². The Kier molecular flexibility index (Phi) is 22.2. The monoisotopic (exact) mass is 1060 g/mol. The van der Waals surface area contributed by atoms with E-state index in [0.29, 0.717) is 18.4 Å². The third-order valence-corrected chi connectivity index (χ3v) is 12.6. The Balaban J connectivity index is 1.38. The van der Waals surface area contributed by atoms with Crippen LogP contribution in [0.4, 0.5) is 0 Å². The average molecular weight is 1060 g/mol. The lowest BCUT2D eigenvalue weighted by Crippen LogP contribution is -2.70. The Labute approximate surface area is 435 Å². The normalized spacial score (nSPS) is 16.2. The maximum absolute atomic E-state index is 13.9. The van der Waals surface area contributed by atoms with Crippen molar-refractivity contribution in [1.82, 2.24) is 52.4 Å². The third kappa shape index (κ3) is 17.8. The number of H-pyrrole nitrogens is 1. The molecule has 1 fully saturated rings. The summed E-state index contributed by atoms with van der Waals surface area (Å²) in [6.45, 7) is 4.49. The first-order chi connectivity index (χ1) is 35.9. The number of hydrogen-bond acceptors (Lipinski definition) is 13. The van der Waals surface area contributed by atoms with Crippen molar-refractivity contribution in [2.45, 2.75) is 121 Å². The molecule has 0 bridgehead atoms. The Bertz CT molecular complexity index is 2640. The molecular formula is C49H67N12O15+. The minimum Gasteiger partial charge on any atom is -0.508 e. The lowest BCUT2D eigenvalue weighted by atomic mass is 9.98. The smallest absolute Gasteiger partial charge is 0.325 e. The van der Waals surface area contributed by atoms with Gasteiger partial charge in [-0.2, -0.15) is 0 Å².